The van der Waals surface area contributed by atoms with Gasteiger partial charge in [-0.15, -0.1) is 0 Å². The highest BCUT2D eigenvalue weighted by atomic mass is 16.5. The normalized spacial score (nSPS) is 22.4. The van der Waals surface area contributed by atoms with Gasteiger partial charge in [-0.3, -0.25) is 4.79 Å². The van der Waals surface area contributed by atoms with Crippen molar-refractivity contribution in [3.8, 4) is 0 Å². The molecule has 1 aromatic carbocycles. The van der Waals surface area contributed by atoms with Gasteiger partial charge < -0.3 is 20.1 Å². The van der Waals surface area contributed by atoms with E-state index in [0.29, 0.717) is 19.8 Å². The lowest BCUT2D eigenvalue weighted by Crippen LogP contribution is -2.50. The van der Waals surface area contributed by atoms with Gasteiger partial charge >= 0.3 is 0 Å². The molecule has 0 aliphatic carbocycles. The maximum Gasteiger partial charge on any atom is 0.254 e. The minimum atomic E-state index is -0.228. The second-order valence-corrected chi connectivity index (χ2v) is 5.28. The van der Waals surface area contributed by atoms with Crippen LogP contribution < -0.4 is 5.32 Å². The maximum absolute atomic E-state index is 12.8. The monoisotopic (exact) mass is 276 g/mol. The van der Waals surface area contributed by atoms with E-state index in [-0.39, 0.29) is 18.6 Å². The van der Waals surface area contributed by atoms with E-state index in [0.717, 1.165) is 30.6 Å². The third kappa shape index (κ3) is 2.44. The molecule has 0 bridgehead atoms. The van der Waals surface area contributed by atoms with Gasteiger partial charge in [0.1, 0.15) is 0 Å². The summed E-state index contributed by atoms with van der Waals surface area (Å²) >= 11 is 0. The molecule has 108 valence electrons. The largest absolute Gasteiger partial charge is 0.394 e. The van der Waals surface area contributed by atoms with E-state index < -0.39 is 0 Å². The van der Waals surface area contributed by atoms with Gasteiger partial charge in [-0.1, -0.05) is 12.1 Å². The quantitative estimate of drug-likeness (QED) is 0.808. The number of aliphatic hydroxyl groups excluding tert-OH is 1. The van der Waals surface area contributed by atoms with Crippen LogP contribution in [0.5, 0.6) is 0 Å². The van der Waals surface area contributed by atoms with Crippen LogP contribution in [0.3, 0.4) is 0 Å². The van der Waals surface area contributed by atoms with Crippen molar-refractivity contribution in [2.45, 2.75) is 19.0 Å². The van der Waals surface area contributed by atoms with Crippen molar-refractivity contribution in [1.29, 1.82) is 0 Å². The van der Waals surface area contributed by atoms with Crippen LogP contribution in [0.4, 0.5) is 0 Å². The maximum atomic E-state index is 12.8. The number of amides is 1. The molecule has 1 atom stereocenters. The van der Waals surface area contributed by atoms with Crippen molar-refractivity contribution in [1.82, 2.24) is 10.2 Å². The standard InChI is InChI=1S/C15H20N2O3/c18-9-12-10-20-7-6-17(12)15(19)14-3-1-2-11-8-16-5-4-13(11)14/h1-3,12,16,18H,4-10H2. The van der Waals surface area contributed by atoms with Gasteiger partial charge in [-0.2, -0.15) is 0 Å². The van der Waals surface area contributed by atoms with Crippen molar-refractivity contribution in [3.05, 3.63) is 34.9 Å². The molecular formula is C15H20N2O3. The van der Waals surface area contributed by atoms with Gasteiger partial charge in [-0.05, 0) is 30.2 Å². The number of hydrogen-bond acceptors (Lipinski definition) is 4. The van der Waals surface area contributed by atoms with Gasteiger partial charge in [0.2, 0.25) is 0 Å². The van der Waals surface area contributed by atoms with Crippen LogP contribution in [0.15, 0.2) is 18.2 Å². The second-order valence-electron chi connectivity index (χ2n) is 5.28. The van der Waals surface area contributed by atoms with Crippen LogP contribution in [-0.4, -0.2) is 54.9 Å². The zero-order valence-electron chi connectivity index (χ0n) is 11.5. The molecule has 1 amide bonds. The lowest BCUT2D eigenvalue weighted by atomic mass is 9.94. The summed E-state index contributed by atoms with van der Waals surface area (Å²) in [5, 5.41) is 12.7. The predicted molar refractivity (Wildman–Crippen MR) is 74.6 cm³/mol. The Bertz CT molecular complexity index is 504. The van der Waals surface area contributed by atoms with Crippen LogP contribution in [0.25, 0.3) is 0 Å². The van der Waals surface area contributed by atoms with Crippen LogP contribution in [0.1, 0.15) is 21.5 Å². The zero-order chi connectivity index (χ0) is 13.9. The molecule has 1 fully saturated rings. The first-order valence-corrected chi connectivity index (χ1v) is 7.12. The molecule has 5 heteroatoms. The SMILES string of the molecule is O=C(c1cccc2c1CCNC2)N1CCOCC1CO. The predicted octanol–water partition coefficient (Wildman–Crippen LogP) is 0.166. The number of nitrogens with one attached hydrogen (secondary N) is 1. The van der Waals surface area contributed by atoms with Gasteiger partial charge in [0.25, 0.3) is 5.91 Å². The van der Waals surface area contributed by atoms with Gasteiger partial charge in [0.05, 0.1) is 25.9 Å². The summed E-state index contributed by atoms with van der Waals surface area (Å²) in [4.78, 5) is 14.5. The van der Waals surface area contributed by atoms with Crippen LogP contribution in [-0.2, 0) is 17.7 Å². The first-order chi connectivity index (χ1) is 9.81. The number of nitrogens with zero attached hydrogens (tertiary/aromatic N) is 1. The molecule has 2 heterocycles. The van der Waals surface area contributed by atoms with Crippen molar-refractivity contribution in [2.24, 2.45) is 0 Å². The Hall–Kier alpha value is -1.43. The summed E-state index contributed by atoms with van der Waals surface area (Å²) in [6.07, 6.45) is 0.880. The molecule has 20 heavy (non-hydrogen) atoms. The molecule has 0 aromatic heterocycles. The number of morpholine rings is 1. The molecule has 1 saturated heterocycles. The summed E-state index contributed by atoms with van der Waals surface area (Å²) in [5.74, 6) is 0.0195. The lowest BCUT2D eigenvalue weighted by molar-refractivity contribution is -0.0184. The highest BCUT2D eigenvalue weighted by Crippen LogP contribution is 2.21. The number of rotatable bonds is 2. The fourth-order valence-corrected chi connectivity index (χ4v) is 2.96. The summed E-state index contributed by atoms with van der Waals surface area (Å²) in [5.41, 5.74) is 3.14. The lowest BCUT2D eigenvalue weighted by Gasteiger charge is -2.35. The summed E-state index contributed by atoms with van der Waals surface area (Å²) < 4.78 is 5.34. The highest BCUT2D eigenvalue weighted by Gasteiger charge is 2.29. The number of fused-ring (bicyclic) bond motifs is 1. The molecule has 0 radical (unpaired) electrons. The first kappa shape index (κ1) is 13.5. The highest BCUT2D eigenvalue weighted by molar-refractivity contribution is 5.96. The van der Waals surface area contributed by atoms with Crippen LogP contribution in [0.2, 0.25) is 0 Å². The van der Waals surface area contributed by atoms with Crippen molar-refractivity contribution in [2.75, 3.05) is 32.9 Å². The molecule has 1 unspecified atom stereocenters. The molecule has 0 saturated carbocycles. The number of ether oxygens (including phenoxy) is 1. The van der Waals surface area contributed by atoms with Crippen molar-refractivity contribution in [3.63, 3.8) is 0 Å². The zero-order valence-corrected chi connectivity index (χ0v) is 11.5. The first-order valence-electron chi connectivity index (χ1n) is 7.12. The average Bonchev–Trinajstić information content (AvgIpc) is 2.53. The number of carbonyl (C=O) groups excluding carboxylic acids is 1. The molecule has 5 nitrogen and oxygen atoms in total. The van der Waals surface area contributed by atoms with E-state index in [4.69, 9.17) is 4.74 Å². The van der Waals surface area contributed by atoms with E-state index >= 15 is 0 Å². The van der Waals surface area contributed by atoms with E-state index in [2.05, 4.69) is 11.4 Å². The van der Waals surface area contributed by atoms with Gasteiger partial charge in [0.15, 0.2) is 0 Å². The Morgan fingerprint density at radius 3 is 3.25 bits per heavy atom. The third-order valence-electron chi connectivity index (χ3n) is 4.07. The second kappa shape index (κ2) is 5.91. The summed E-state index contributed by atoms with van der Waals surface area (Å²) in [6, 6.07) is 5.68. The third-order valence-corrected chi connectivity index (χ3v) is 4.07. The van der Waals surface area contributed by atoms with Gasteiger partial charge in [0, 0.05) is 18.7 Å². The van der Waals surface area contributed by atoms with E-state index in [1.54, 1.807) is 4.90 Å². The number of carbonyl (C=O) groups is 1. The number of hydrogen-bond donors (Lipinski definition) is 2. The molecule has 2 aliphatic heterocycles. The van der Waals surface area contributed by atoms with Crippen molar-refractivity contribution >= 4 is 5.91 Å². The Morgan fingerprint density at radius 1 is 1.50 bits per heavy atom. The van der Waals surface area contributed by atoms with Crippen LogP contribution in [0, 0.1) is 0 Å². The Kier molecular flexibility index (Phi) is 4.00. The van der Waals surface area contributed by atoms with Crippen LogP contribution >= 0.6 is 0 Å². The molecule has 3 rings (SSSR count). The molecule has 0 spiro atoms. The number of benzene rings is 1. The summed E-state index contributed by atoms with van der Waals surface area (Å²) in [7, 11) is 0. The van der Waals surface area contributed by atoms with E-state index in [1.165, 1.54) is 5.56 Å². The molecule has 1 aromatic rings. The average molecular weight is 276 g/mol. The Morgan fingerprint density at radius 2 is 2.40 bits per heavy atom. The minimum absolute atomic E-state index is 0.0195. The molecule has 2 N–H and O–H groups in total. The Labute approximate surface area is 118 Å². The van der Waals surface area contributed by atoms with Gasteiger partial charge in [-0.25, -0.2) is 0 Å². The van der Waals surface area contributed by atoms with E-state index in [9.17, 15) is 9.90 Å². The fourth-order valence-electron chi connectivity index (χ4n) is 2.96. The topological polar surface area (TPSA) is 61.8 Å². The smallest absolute Gasteiger partial charge is 0.254 e. The summed E-state index contributed by atoms with van der Waals surface area (Å²) in [6.45, 7) is 3.18. The molecule has 2 aliphatic rings. The minimum Gasteiger partial charge on any atom is -0.394 e. The fraction of sp³-hybridized carbons (Fsp3) is 0.533. The Balaban J connectivity index is 1.90. The van der Waals surface area contributed by atoms with E-state index in [1.807, 2.05) is 12.1 Å². The number of aliphatic hydroxyl groups is 1. The van der Waals surface area contributed by atoms with Crippen molar-refractivity contribution < 1.29 is 14.6 Å². The molecular weight excluding hydrogens is 256 g/mol.